The van der Waals surface area contributed by atoms with Crippen LogP contribution in [0, 0.1) is 0 Å². The number of aromatic nitrogens is 2. The monoisotopic (exact) mass is 196 g/mol. The normalized spacial score (nSPS) is 15.4. The Morgan fingerprint density at radius 2 is 2.14 bits per heavy atom. The Balaban J connectivity index is 2.15. The van der Waals surface area contributed by atoms with E-state index in [9.17, 15) is 0 Å². The van der Waals surface area contributed by atoms with Gasteiger partial charge in [0, 0.05) is 31.0 Å². The molecule has 2 atom stereocenters. The van der Waals surface area contributed by atoms with E-state index < -0.39 is 0 Å². The summed E-state index contributed by atoms with van der Waals surface area (Å²) >= 11 is 0. The predicted molar refractivity (Wildman–Crippen MR) is 57.7 cm³/mol. The number of aryl methyl sites for hydroxylation is 1. The van der Waals surface area contributed by atoms with Crippen molar-refractivity contribution in [3.05, 3.63) is 18.5 Å². The highest BCUT2D eigenvalue weighted by Gasteiger charge is 2.10. The topological polar surface area (TPSA) is 69.9 Å². The second-order valence-electron chi connectivity index (χ2n) is 3.65. The van der Waals surface area contributed by atoms with E-state index >= 15 is 0 Å². The van der Waals surface area contributed by atoms with Crippen LogP contribution in [0.3, 0.4) is 0 Å². The molecule has 0 amide bonds. The van der Waals surface area contributed by atoms with Gasteiger partial charge in [-0.3, -0.25) is 4.68 Å². The SMILES string of the molecule is CCC(N)C(N)CCCn1cccn1. The minimum atomic E-state index is 0.121. The van der Waals surface area contributed by atoms with Crippen molar-refractivity contribution in [1.29, 1.82) is 0 Å². The second kappa shape index (κ2) is 5.78. The van der Waals surface area contributed by atoms with Crippen molar-refractivity contribution >= 4 is 0 Å². The van der Waals surface area contributed by atoms with Crippen molar-refractivity contribution in [3.8, 4) is 0 Å². The summed E-state index contributed by atoms with van der Waals surface area (Å²) in [5.41, 5.74) is 11.7. The Morgan fingerprint density at radius 1 is 1.36 bits per heavy atom. The molecule has 0 aliphatic heterocycles. The third-order valence-electron chi connectivity index (χ3n) is 2.51. The summed E-state index contributed by atoms with van der Waals surface area (Å²) in [6.45, 7) is 3.00. The molecule has 0 aromatic carbocycles. The molecule has 4 nitrogen and oxygen atoms in total. The minimum absolute atomic E-state index is 0.121. The van der Waals surface area contributed by atoms with Crippen molar-refractivity contribution in [2.45, 2.75) is 44.8 Å². The summed E-state index contributed by atoms with van der Waals surface area (Å²) in [5, 5.41) is 4.12. The van der Waals surface area contributed by atoms with Gasteiger partial charge >= 0.3 is 0 Å². The van der Waals surface area contributed by atoms with Crippen molar-refractivity contribution < 1.29 is 0 Å². The lowest BCUT2D eigenvalue weighted by Gasteiger charge is -2.17. The summed E-state index contributed by atoms with van der Waals surface area (Å²) < 4.78 is 1.92. The molecule has 0 fully saturated rings. The molecule has 0 aliphatic carbocycles. The number of hydrogen-bond donors (Lipinski definition) is 2. The lowest BCUT2D eigenvalue weighted by atomic mass is 10.0. The Labute approximate surface area is 85.3 Å². The van der Waals surface area contributed by atoms with Gasteiger partial charge < -0.3 is 11.5 Å². The van der Waals surface area contributed by atoms with Crippen molar-refractivity contribution in [1.82, 2.24) is 9.78 Å². The number of nitrogens with two attached hydrogens (primary N) is 2. The van der Waals surface area contributed by atoms with Gasteiger partial charge in [-0.05, 0) is 25.3 Å². The summed E-state index contributed by atoms with van der Waals surface area (Å²) in [6, 6.07) is 2.18. The fraction of sp³-hybridized carbons (Fsp3) is 0.700. The molecule has 1 heterocycles. The van der Waals surface area contributed by atoms with Crippen LogP contribution >= 0.6 is 0 Å². The van der Waals surface area contributed by atoms with E-state index in [-0.39, 0.29) is 12.1 Å². The third-order valence-corrected chi connectivity index (χ3v) is 2.51. The van der Waals surface area contributed by atoms with E-state index in [1.54, 1.807) is 6.20 Å². The van der Waals surface area contributed by atoms with Gasteiger partial charge in [0.05, 0.1) is 0 Å². The molecule has 0 aliphatic rings. The largest absolute Gasteiger partial charge is 0.326 e. The zero-order valence-electron chi connectivity index (χ0n) is 8.76. The standard InChI is InChI=1S/C10H20N4/c1-2-9(11)10(12)5-3-7-14-8-4-6-13-14/h4,6,8-10H,2-3,5,7,11-12H2,1H3. The fourth-order valence-corrected chi connectivity index (χ4v) is 1.44. The van der Waals surface area contributed by atoms with E-state index in [2.05, 4.69) is 12.0 Å². The Morgan fingerprint density at radius 3 is 2.71 bits per heavy atom. The Hall–Kier alpha value is -0.870. The third kappa shape index (κ3) is 3.47. The smallest absolute Gasteiger partial charge is 0.0489 e. The summed E-state index contributed by atoms with van der Waals surface area (Å²) in [7, 11) is 0. The van der Waals surface area contributed by atoms with Gasteiger partial charge in [0.25, 0.3) is 0 Å². The quantitative estimate of drug-likeness (QED) is 0.704. The molecule has 1 aromatic heterocycles. The van der Waals surface area contributed by atoms with Gasteiger partial charge in [-0.25, -0.2) is 0 Å². The minimum Gasteiger partial charge on any atom is -0.326 e. The maximum atomic E-state index is 5.91. The molecule has 1 aromatic rings. The van der Waals surface area contributed by atoms with Gasteiger partial charge in [-0.1, -0.05) is 6.92 Å². The zero-order chi connectivity index (χ0) is 10.4. The van der Waals surface area contributed by atoms with Crippen molar-refractivity contribution in [2.24, 2.45) is 11.5 Å². The van der Waals surface area contributed by atoms with Crippen LogP contribution in [0.1, 0.15) is 26.2 Å². The van der Waals surface area contributed by atoms with Gasteiger partial charge in [-0.15, -0.1) is 0 Å². The average Bonchev–Trinajstić information content (AvgIpc) is 2.69. The lowest BCUT2D eigenvalue weighted by Crippen LogP contribution is -2.40. The highest BCUT2D eigenvalue weighted by atomic mass is 15.3. The van der Waals surface area contributed by atoms with Gasteiger partial charge in [0.2, 0.25) is 0 Å². The maximum Gasteiger partial charge on any atom is 0.0489 e. The molecule has 80 valence electrons. The van der Waals surface area contributed by atoms with Crippen LogP contribution in [0.25, 0.3) is 0 Å². The summed E-state index contributed by atoms with van der Waals surface area (Å²) in [4.78, 5) is 0. The number of rotatable bonds is 6. The van der Waals surface area contributed by atoms with Crippen molar-refractivity contribution in [2.75, 3.05) is 0 Å². The van der Waals surface area contributed by atoms with E-state index in [1.165, 1.54) is 0 Å². The van der Waals surface area contributed by atoms with E-state index in [0.717, 1.165) is 25.8 Å². The molecule has 2 unspecified atom stereocenters. The second-order valence-corrected chi connectivity index (χ2v) is 3.65. The van der Waals surface area contributed by atoms with Gasteiger partial charge in [0.1, 0.15) is 0 Å². The average molecular weight is 196 g/mol. The molecule has 0 spiro atoms. The molecule has 0 saturated heterocycles. The van der Waals surface area contributed by atoms with Crippen LogP contribution < -0.4 is 11.5 Å². The van der Waals surface area contributed by atoms with Crippen molar-refractivity contribution in [3.63, 3.8) is 0 Å². The van der Waals surface area contributed by atoms with E-state index in [4.69, 9.17) is 11.5 Å². The first kappa shape index (κ1) is 11.2. The van der Waals surface area contributed by atoms with Gasteiger partial charge in [-0.2, -0.15) is 5.10 Å². The molecular formula is C10H20N4. The summed E-state index contributed by atoms with van der Waals surface area (Å²) in [6.07, 6.45) is 6.71. The lowest BCUT2D eigenvalue weighted by molar-refractivity contribution is 0.445. The maximum absolute atomic E-state index is 5.91. The number of nitrogens with zero attached hydrogens (tertiary/aromatic N) is 2. The molecule has 1 rings (SSSR count). The van der Waals surface area contributed by atoms with E-state index in [1.807, 2.05) is 16.9 Å². The zero-order valence-corrected chi connectivity index (χ0v) is 8.76. The first-order valence-corrected chi connectivity index (χ1v) is 5.22. The highest BCUT2D eigenvalue weighted by molar-refractivity contribution is 4.78. The summed E-state index contributed by atoms with van der Waals surface area (Å²) in [5.74, 6) is 0. The molecule has 0 radical (unpaired) electrons. The molecule has 14 heavy (non-hydrogen) atoms. The predicted octanol–water partition coefficient (Wildman–Crippen LogP) is 0.728. The number of hydrogen-bond acceptors (Lipinski definition) is 3. The molecular weight excluding hydrogens is 176 g/mol. The Kier molecular flexibility index (Phi) is 4.62. The van der Waals surface area contributed by atoms with Crippen LogP contribution in [-0.2, 0) is 6.54 Å². The van der Waals surface area contributed by atoms with E-state index in [0.29, 0.717) is 0 Å². The van der Waals surface area contributed by atoms with Crippen LogP contribution in [0.4, 0.5) is 0 Å². The van der Waals surface area contributed by atoms with Crippen LogP contribution in [0.15, 0.2) is 18.5 Å². The fourth-order valence-electron chi connectivity index (χ4n) is 1.44. The molecule has 0 bridgehead atoms. The van der Waals surface area contributed by atoms with Crippen LogP contribution in [0.2, 0.25) is 0 Å². The molecule has 0 saturated carbocycles. The first-order valence-electron chi connectivity index (χ1n) is 5.22. The Bertz CT molecular complexity index is 232. The van der Waals surface area contributed by atoms with Crippen LogP contribution in [-0.4, -0.2) is 21.9 Å². The first-order chi connectivity index (χ1) is 6.74. The molecule has 4 N–H and O–H groups in total. The molecule has 4 heteroatoms. The highest BCUT2D eigenvalue weighted by Crippen LogP contribution is 2.02. The van der Waals surface area contributed by atoms with Gasteiger partial charge in [0.15, 0.2) is 0 Å². The van der Waals surface area contributed by atoms with Crippen LogP contribution in [0.5, 0.6) is 0 Å².